The molecule has 0 bridgehead atoms. The Bertz CT molecular complexity index is 193. The van der Waals surface area contributed by atoms with Gasteiger partial charge in [0.2, 0.25) is 0 Å². The minimum atomic E-state index is -0.261. The highest BCUT2D eigenvalue weighted by molar-refractivity contribution is 4.98. The van der Waals surface area contributed by atoms with Crippen molar-refractivity contribution in [3.8, 4) is 0 Å². The molecule has 0 aromatic heterocycles. The fourth-order valence-electron chi connectivity index (χ4n) is 2.80. The SMILES string of the molecule is C=CCC(O)C1(N(C)C)CCCCCC1. The lowest BCUT2D eigenvalue weighted by Crippen LogP contribution is -2.53. The fourth-order valence-corrected chi connectivity index (χ4v) is 2.80. The second-order valence-corrected chi connectivity index (χ2v) is 4.95. The van der Waals surface area contributed by atoms with Crippen LogP contribution in [0.5, 0.6) is 0 Å². The normalized spacial score (nSPS) is 23.5. The Morgan fingerprint density at radius 1 is 1.27 bits per heavy atom. The van der Waals surface area contributed by atoms with Crippen LogP contribution in [-0.4, -0.2) is 35.7 Å². The molecule has 0 saturated heterocycles. The van der Waals surface area contributed by atoms with E-state index in [4.69, 9.17) is 0 Å². The van der Waals surface area contributed by atoms with Gasteiger partial charge in [-0.3, -0.25) is 0 Å². The number of rotatable bonds is 4. The summed E-state index contributed by atoms with van der Waals surface area (Å²) in [7, 11) is 4.19. The van der Waals surface area contributed by atoms with Crippen molar-refractivity contribution in [2.75, 3.05) is 14.1 Å². The highest BCUT2D eigenvalue weighted by Crippen LogP contribution is 2.35. The van der Waals surface area contributed by atoms with Gasteiger partial charge in [-0.05, 0) is 33.4 Å². The maximum atomic E-state index is 10.3. The summed E-state index contributed by atoms with van der Waals surface area (Å²) in [5.74, 6) is 0. The van der Waals surface area contributed by atoms with Crippen LogP contribution in [0.25, 0.3) is 0 Å². The third-order valence-corrected chi connectivity index (χ3v) is 3.87. The second-order valence-electron chi connectivity index (χ2n) is 4.95. The van der Waals surface area contributed by atoms with Crippen molar-refractivity contribution in [1.29, 1.82) is 0 Å². The highest BCUT2D eigenvalue weighted by atomic mass is 16.3. The molecule has 0 amide bonds. The molecular weight excluding hydrogens is 186 g/mol. The minimum Gasteiger partial charge on any atom is -0.391 e. The average Bonchev–Trinajstić information content (AvgIpc) is 2.43. The quantitative estimate of drug-likeness (QED) is 0.570. The van der Waals surface area contributed by atoms with E-state index in [0.29, 0.717) is 6.42 Å². The van der Waals surface area contributed by atoms with Gasteiger partial charge >= 0.3 is 0 Å². The molecule has 88 valence electrons. The van der Waals surface area contributed by atoms with Gasteiger partial charge in [0.05, 0.1) is 6.10 Å². The van der Waals surface area contributed by atoms with E-state index >= 15 is 0 Å². The lowest BCUT2D eigenvalue weighted by molar-refractivity contribution is -0.0159. The van der Waals surface area contributed by atoms with Gasteiger partial charge in [0.15, 0.2) is 0 Å². The van der Waals surface area contributed by atoms with E-state index in [9.17, 15) is 5.11 Å². The second kappa shape index (κ2) is 5.66. The molecule has 0 spiro atoms. The standard InChI is InChI=1S/C13H25NO/c1-4-9-12(15)13(14(2)3)10-7-5-6-8-11-13/h4,12,15H,1,5-11H2,2-3H3. The molecule has 1 saturated carbocycles. The first-order valence-corrected chi connectivity index (χ1v) is 6.10. The molecule has 1 atom stereocenters. The summed E-state index contributed by atoms with van der Waals surface area (Å²) in [5, 5.41) is 10.3. The maximum absolute atomic E-state index is 10.3. The summed E-state index contributed by atoms with van der Waals surface area (Å²) in [6.07, 6.45) is 9.64. The number of aliphatic hydroxyl groups excluding tert-OH is 1. The third-order valence-electron chi connectivity index (χ3n) is 3.87. The molecule has 1 unspecified atom stereocenters. The van der Waals surface area contributed by atoms with Crippen molar-refractivity contribution in [1.82, 2.24) is 4.90 Å². The molecule has 2 nitrogen and oxygen atoms in total. The van der Waals surface area contributed by atoms with Gasteiger partial charge < -0.3 is 10.0 Å². The van der Waals surface area contributed by atoms with E-state index < -0.39 is 0 Å². The summed E-state index contributed by atoms with van der Waals surface area (Å²) in [6.45, 7) is 3.73. The van der Waals surface area contributed by atoms with Crippen LogP contribution in [-0.2, 0) is 0 Å². The molecule has 2 heteroatoms. The van der Waals surface area contributed by atoms with Crippen LogP contribution < -0.4 is 0 Å². The topological polar surface area (TPSA) is 23.5 Å². The molecule has 0 heterocycles. The first-order chi connectivity index (χ1) is 7.13. The van der Waals surface area contributed by atoms with Crippen LogP contribution in [0.15, 0.2) is 12.7 Å². The van der Waals surface area contributed by atoms with Crippen molar-refractivity contribution in [3.63, 3.8) is 0 Å². The van der Waals surface area contributed by atoms with Crippen LogP contribution in [0.4, 0.5) is 0 Å². The number of nitrogens with zero attached hydrogens (tertiary/aromatic N) is 1. The molecule has 1 rings (SSSR count). The molecule has 1 fully saturated rings. The Morgan fingerprint density at radius 2 is 1.80 bits per heavy atom. The first kappa shape index (κ1) is 12.7. The largest absolute Gasteiger partial charge is 0.391 e. The minimum absolute atomic E-state index is 0.00924. The number of hydrogen-bond acceptors (Lipinski definition) is 2. The van der Waals surface area contributed by atoms with Crippen LogP contribution in [0, 0.1) is 0 Å². The molecule has 0 radical (unpaired) electrons. The third kappa shape index (κ3) is 2.82. The summed E-state index contributed by atoms with van der Waals surface area (Å²) >= 11 is 0. The molecule has 0 aromatic carbocycles. The van der Waals surface area contributed by atoms with Crippen molar-refractivity contribution >= 4 is 0 Å². The van der Waals surface area contributed by atoms with Gasteiger partial charge in [0.1, 0.15) is 0 Å². The zero-order valence-corrected chi connectivity index (χ0v) is 10.2. The Hall–Kier alpha value is -0.340. The zero-order chi connectivity index (χ0) is 11.3. The van der Waals surface area contributed by atoms with Crippen molar-refractivity contribution in [2.24, 2.45) is 0 Å². The predicted octanol–water partition coefficient (Wildman–Crippen LogP) is 2.58. The number of hydrogen-bond donors (Lipinski definition) is 1. The monoisotopic (exact) mass is 211 g/mol. The summed E-state index contributed by atoms with van der Waals surface area (Å²) in [5.41, 5.74) is -0.00924. The molecule has 1 aliphatic rings. The zero-order valence-electron chi connectivity index (χ0n) is 10.2. The lowest BCUT2D eigenvalue weighted by atomic mass is 9.82. The Morgan fingerprint density at radius 3 is 2.20 bits per heavy atom. The number of likely N-dealkylation sites (N-methyl/N-ethyl adjacent to an activating group) is 1. The molecular formula is C13H25NO. The van der Waals surface area contributed by atoms with Crippen molar-refractivity contribution in [3.05, 3.63) is 12.7 Å². The summed E-state index contributed by atoms with van der Waals surface area (Å²) < 4.78 is 0. The molecule has 0 aliphatic heterocycles. The molecule has 0 aromatic rings. The molecule has 1 N–H and O–H groups in total. The van der Waals surface area contributed by atoms with E-state index in [1.807, 2.05) is 6.08 Å². The maximum Gasteiger partial charge on any atom is 0.0757 e. The van der Waals surface area contributed by atoms with Gasteiger partial charge in [0.25, 0.3) is 0 Å². The summed E-state index contributed by atoms with van der Waals surface area (Å²) in [4.78, 5) is 2.23. The number of aliphatic hydroxyl groups is 1. The highest BCUT2D eigenvalue weighted by Gasteiger charge is 2.39. The van der Waals surface area contributed by atoms with Crippen LogP contribution in [0.1, 0.15) is 44.9 Å². The molecule has 1 aliphatic carbocycles. The van der Waals surface area contributed by atoms with E-state index in [1.165, 1.54) is 25.7 Å². The fraction of sp³-hybridized carbons (Fsp3) is 0.846. The average molecular weight is 211 g/mol. The predicted molar refractivity (Wildman–Crippen MR) is 64.9 cm³/mol. The van der Waals surface area contributed by atoms with Gasteiger partial charge in [-0.25, -0.2) is 0 Å². The Kier molecular flexibility index (Phi) is 4.81. The van der Waals surface area contributed by atoms with E-state index in [2.05, 4.69) is 25.6 Å². The Labute approximate surface area is 94.0 Å². The van der Waals surface area contributed by atoms with E-state index in [1.54, 1.807) is 0 Å². The molecule has 15 heavy (non-hydrogen) atoms. The van der Waals surface area contributed by atoms with E-state index in [0.717, 1.165) is 12.8 Å². The lowest BCUT2D eigenvalue weighted by Gasteiger charge is -2.43. The van der Waals surface area contributed by atoms with Crippen LogP contribution in [0.2, 0.25) is 0 Å². The van der Waals surface area contributed by atoms with Gasteiger partial charge in [-0.1, -0.05) is 31.8 Å². The van der Waals surface area contributed by atoms with Crippen LogP contribution in [0.3, 0.4) is 0 Å². The van der Waals surface area contributed by atoms with E-state index in [-0.39, 0.29) is 11.6 Å². The van der Waals surface area contributed by atoms with Gasteiger partial charge in [0, 0.05) is 5.54 Å². The first-order valence-electron chi connectivity index (χ1n) is 6.10. The summed E-state index contributed by atoms with van der Waals surface area (Å²) in [6, 6.07) is 0. The van der Waals surface area contributed by atoms with Crippen LogP contribution >= 0.6 is 0 Å². The van der Waals surface area contributed by atoms with Gasteiger partial charge in [-0.15, -0.1) is 6.58 Å². The Balaban J connectivity index is 2.79. The van der Waals surface area contributed by atoms with Gasteiger partial charge in [-0.2, -0.15) is 0 Å². The van der Waals surface area contributed by atoms with Crippen molar-refractivity contribution < 1.29 is 5.11 Å². The van der Waals surface area contributed by atoms with Crippen molar-refractivity contribution in [2.45, 2.75) is 56.6 Å². The smallest absolute Gasteiger partial charge is 0.0757 e.